The number of fused-ring (bicyclic) bond motifs is 1. The van der Waals surface area contributed by atoms with Gasteiger partial charge in [0.15, 0.2) is 0 Å². The van der Waals surface area contributed by atoms with Gasteiger partial charge in [0.25, 0.3) is 0 Å². The molecule has 0 fully saturated rings. The van der Waals surface area contributed by atoms with Crippen LogP contribution in [0.3, 0.4) is 0 Å². The summed E-state index contributed by atoms with van der Waals surface area (Å²) < 4.78 is 0. The van der Waals surface area contributed by atoms with Crippen LogP contribution in [-0.4, -0.2) is 9.97 Å². The van der Waals surface area contributed by atoms with Crippen molar-refractivity contribution in [2.75, 3.05) is 4.90 Å². The predicted octanol–water partition coefficient (Wildman–Crippen LogP) is 6.57. The summed E-state index contributed by atoms with van der Waals surface area (Å²) in [5.41, 5.74) is 4.91. The molecule has 0 aliphatic rings. The van der Waals surface area contributed by atoms with E-state index >= 15 is 0 Å². The number of rotatable bonds is 6. The minimum atomic E-state index is 0.784. The van der Waals surface area contributed by atoms with E-state index < -0.39 is 0 Å². The van der Waals surface area contributed by atoms with Crippen molar-refractivity contribution in [1.29, 1.82) is 0 Å². The molecule has 30 heavy (non-hydrogen) atoms. The van der Waals surface area contributed by atoms with Crippen molar-refractivity contribution >= 4 is 27.4 Å². The van der Waals surface area contributed by atoms with Crippen LogP contribution in [-0.2, 0) is 13.1 Å². The van der Waals surface area contributed by atoms with E-state index in [4.69, 9.17) is 4.98 Å². The highest BCUT2D eigenvalue weighted by atomic mass is 32.1. The fraction of sp³-hybridized carbons (Fsp3) is 0.0769. The summed E-state index contributed by atoms with van der Waals surface area (Å²) in [5, 5.41) is 3.32. The lowest BCUT2D eigenvalue weighted by Gasteiger charge is -2.25. The second-order valence-electron chi connectivity index (χ2n) is 7.22. The topological polar surface area (TPSA) is 29.0 Å². The Morgan fingerprint density at radius 3 is 1.83 bits per heavy atom. The van der Waals surface area contributed by atoms with Crippen molar-refractivity contribution < 1.29 is 0 Å². The maximum Gasteiger partial charge on any atom is 0.142 e. The normalized spacial score (nSPS) is 10.9. The second-order valence-corrected chi connectivity index (χ2v) is 8.08. The predicted molar refractivity (Wildman–Crippen MR) is 126 cm³/mol. The first-order chi connectivity index (χ1) is 14.9. The molecule has 2 aromatic heterocycles. The highest BCUT2D eigenvalue weighted by Gasteiger charge is 2.18. The quantitative estimate of drug-likeness (QED) is 0.319. The third kappa shape index (κ3) is 3.82. The van der Waals surface area contributed by atoms with Crippen molar-refractivity contribution in [3.8, 4) is 11.1 Å². The van der Waals surface area contributed by atoms with Gasteiger partial charge in [0.05, 0.1) is 5.39 Å². The van der Waals surface area contributed by atoms with Gasteiger partial charge in [0, 0.05) is 24.0 Å². The molecule has 0 bridgehead atoms. The second kappa shape index (κ2) is 8.47. The number of hydrogen-bond acceptors (Lipinski definition) is 4. The highest BCUT2D eigenvalue weighted by molar-refractivity contribution is 7.17. The molecule has 0 amide bonds. The van der Waals surface area contributed by atoms with E-state index in [0.717, 1.165) is 29.1 Å². The Hall–Kier alpha value is -3.50. The van der Waals surface area contributed by atoms with Gasteiger partial charge in [-0.1, -0.05) is 91.0 Å². The number of benzene rings is 3. The maximum atomic E-state index is 4.78. The van der Waals surface area contributed by atoms with Gasteiger partial charge in [0.1, 0.15) is 17.0 Å². The number of aromatic nitrogens is 2. The van der Waals surface area contributed by atoms with Gasteiger partial charge >= 0.3 is 0 Å². The van der Waals surface area contributed by atoms with Crippen LogP contribution in [0, 0.1) is 0 Å². The molecule has 0 aliphatic heterocycles. The molecule has 0 saturated heterocycles. The monoisotopic (exact) mass is 407 g/mol. The van der Waals surface area contributed by atoms with Gasteiger partial charge in [-0.2, -0.15) is 0 Å². The molecule has 4 heteroatoms. The first-order valence-corrected chi connectivity index (χ1v) is 10.9. The molecule has 2 heterocycles. The molecule has 0 radical (unpaired) electrons. The van der Waals surface area contributed by atoms with E-state index in [1.165, 1.54) is 22.3 Å². The first kappa shape index (κ1) is 18.5. The lowest BCUT2D eigenvalue weighted by molar-refractivity contribution is 0.786. The lowest BCUT2D eigenvalue weighted by atomic mass is 10.1. The number of hydrogen-bond donors (Lipinski definition) is 0. The Morgan fingerprint density at radius 1 is 0.667 bits per heavy atom. The molecule has 0 saturated carbocycles. The number of thiophene rings is 1. The average Bonchev–Trinajstić information content (AvgIpc) is 3.25. The largest absolute Gasteiger partial charge is 0.347 e. The van der Waals surface area contributed by atoms with E-state index in [-0.39, 0.29) is 0 Å². The number of nitrogens with zero attached hydrogens (tertiary/aromatic N) is 3. The summed E-state index contributed by atoms with van der Waals surface area (Å²) in [6, 6.07) is 31.6. The molecule has 3 aromatic carbocycles. The van der Waals surface area contributed by atoms with Crippen molar-refractivity contribution in [3.63, 3.8) is 0 Å². The fourth-order valence-corrected chi connectivity index (χ4v) is 4.65. The third-order valence-corrected chi connectivity index (χ3v) is 6.05. The highest BCUT2D eigenvalue weighted by Crippen LogP contribution is 2.38. The van der Waals surface area contributed by atoms with Crippen LogP contribution >= 0.6 is 11.3 Å². The first-order valence-electron chi connectivity index (χ1n) is 9.99. The third-order valence-electron chi connectivity index (χ3n) is 5.17. The molecule has 0 spiro atoms. The zero-order chi connectivity index (χ0) is 20.2. The molecule has 0 atom stereocenters. The lowest BCUT2D eigenvalue weighted by Crippen LogP contribution is -2.23. The van der Waals surface area contributed by atoms with E-state index in [1.807, 2.05) is 6.07 Å². The Kier molecular flexibility index (Phi) is 5.23. The van der Waals surface area contributed by atoms with Crippen LogP contribution < -0.4 is 4.90 Å². The summed E-state index contributed by atoms with van der Waals surface area (Å²) in [7, 11) is 0. The SMILES string of the molecule is c1ccc(CN(Cc2ccccc2)c2ncnc3scc(-c4ccccc4)c23)cc1. The fourth-order valence-electron chi connectivity index (χ4n) is 3.74. The van der Waals surface area contributed by atoms with Crippen LogP contribution in [0.15, 0.2) is 103 Å². The van der Waals surface area contributed by atoms with Gasteiger partial charge in [-0.3, -0.25) is 0 Å². The summed E-state index contributed by atoms with van der Waals surface area (Å²) in [5.74, 6) is 0.979. The smallest absolute Gasteiger partial charge is 0.142 e. The van der Waals surface area contributed by atoms with E-state index in [0.29, 0.717) is 0 Å². The molecule has 5 rings (SSSR count). The van der Waals surface area contributed by atoms with Crippen LogP contribution in [0.2, 0.25) is 0 Å². The Morgan fingerprint density at radius 2 is 1.23 bits per heavy atom. The standard InChI is InChI=1S/C26H21N3S/c1-4-10-20(11-5-1)16-29(17-21-12-6-2-7-13-21)25-24-23(22-14-8-3-9-15-22)18-30-26(24)28-19-27-25/h1-15,18-19H,16-17H2. The van der Waals surface area contributed by atoms with Crippen LogP contribution in [0.1, 0.15) is 11.1 Å². The van der Waals surface area contributed by atoms with E-state index in [1.54, 1.807) is 17.7 Å². The maximum absolute atomic E-state index is 4.78. The molecule has 146 valence electrons. The van der Waals surface area contributed by atoms with Gasteiger partial charge in [-0.25, -0.2) is 9.97 Å². The van der Waals surface area contributed by atoms with Gasteiger partial charge in [-0.05, 0) is 16.7 Å². The Balaban J connectivity index is 1.64. The number of anilines is 1. The van der Waals surface area contributed by atoms with Gasteiger partial charge < -0.3 is 4.90 Å². The van der Waals surface area contributed by atoms with Gasteiger partial charge in [-0.15, -0.1) is 11.3 Å². The van der Waals surface area contributed by atoms with Crippen LogP contribution in [0.5, 0.6) is 0 Å². The molecule has 5 aromatic rings. The summed E-state index contributed by atoms with van der Waals surface area (Å²) in [6.07, 6.45) is 1.69. The molecule has 0 N–H and O–H groups in total. The minimum absolute atomic E-state index is 0.784. The van der Waals surface area contributed by atoms with E-state index in [2.05, 4.69) is 100 Å². The summed E-state index contributed by atoms with van der Waals surface area (Å²) >= 11 is 1.68. The average molecular weight is 408 g/mol. The zero-order valence-electron chi connectivity index (χ0n) is 16.5. The molecule has 0 unspecified atom stereocenters. The van der Waals surface area contributed by atoms with Crippen molar-refractivity contribution in [1.82, 2.24) is 9.97 Å². The van der Waals surface area contributed by atoms with Gasteiger partial charge in [0.2, 0.25) is 0 Å². The minimum Gasteiger partial charge on any atom is -0.347 e. The van der Waals surface area contributed by atoms with Crippen LogP contribution in [0.25, 0.3) is 21.3 Å². The zero-order valence-corrected chi connectivity index (χ0v) is 17.3. The molecular weight excluding hydrogens is 386 g/mol. The Bertz CT molecular complexity index is 1190. The molecular formula is C26H21N3S. The Labute approximate surface area is 180 Å². The van der Waals surface area contributed by atoms with Crippen molar-refractivity contribution in [3.05, 3.63) is 114 Å². The van der Waals surface area contributed by atoms with Crippen molar-refractivity contribution in [2.45, 2.75) is 13.1 Å². The van der Waals surface area contributed by atoms with E-state index in [9.17, 15) is 0 Å². The summed E-state index contributed by atoms with van der Waals surface area (Å²) in [6.45, 7) is 1.57. The van der Waals surface area contributed by atoms with Crippen molar-refractivity contribution in [2.24, 2.45) is 0 Å². The summed E-state index contributed by atoms with van der Waals surface area (Å²) in [4.78, 5) is 12.7. The molecule has 0 aliphatic carbocycles. The van der Waals surface area contributed by atoms with Crippen LogP contribution in [0.4, 0.5) is 5.82 Å². The molecule has 3 nitrogen and oxygen atoms in total.